The van der Waals surface area contributed by atoms with Gasteiger partial charge in [-0.2, -0.15) is 11.8 Å². The van der Waals surface area contributed by atoms with Crippen LogP contribution in [0.4, 0.5) is 5.00 Å². The number of amides is 1. The van der Waals surface area contributed by atoms with Crippen LogP contribution in [0, 0.1) is 0 Å². The van der Waals surface area contributed by atoms with Crippen molar-refractivity contribution in [2.45, 2.75) is 12.2 Å². The summed E-state index contributed by atoms with van der Waals surface area (Å²) in [6.45, 7) is 1.86. The average molecular weight is 203 g/mol. The van der Waals surface area contributed by atoms with Crippen LogP contribution in [0.1, 0.15) is 6.92 Å². The highest BCUT2D eigenvalue weighted by atomic mass is 32.2. The first kappa shape index (κ1) is 9.47. The molecule has 1 rings (SSSR count). The molecule has 0 aliphatic carbocycles. The van der Waals surface area contributed by atoms with Crippen molar-refractivity contribution in [1.82, 2.24) is 9.59 Å². The topological polar surface area (TPSA) is 54.9 Å². The van der Waals surface area contributed by atoms with Crippen molar-refractivity contribution in [2.24, 2.45) is 0 Å². The van der Waals surface area contributed by atoms with E-state index in [2.05, 4.69) is 14.9 Å². The molecular weight excluding hydrogens is 194 g/mol. The van der Waals surface area contributed by atoms with E-state index >= 15 is 0 Å². The fourth-order valence-electron chi connectivity index (χ4n) is 0.552. The van der Waals surface area contributed by atoms with E-state index in [1.807, 2.05) is 13.2 Å². The molecule has 1 heterocycles. The Morgan fingerprint density at radius 3 is 3.08 bits per heavy atom. The van der Waals surface area contributed by atoms with Gasteiger partial charge in [-0.1, -0.05) is 4.49 Å². The normalized spacial score (nSPS) is 12.5. The third-order valence-electron chi connectivity index (χ3n) is 1.33. The molecule has 0 unspecified atom stereocenters. The quantitative estimate of drug-likeness (QED) is 0.802. The summed E-state index contributed by atoms with van der Waals surface area (Å²) in [5.41, 5.74) is 0. The lowest BCUT2D eigenvalue weighted by Crippen LogP contribution is -2.21. The molecule has 66 valence electrons. The molecule has 0 saturated carbocycles. The Morgan fingerprint density at radius 2 is 2.58 bits per heavy atom. The van der Waals surface area contributed by atoms with Crippen molar-refractivity contribution in [2.75, 3.05) is 11.6 Å². The van der Waals surface area contributed by atoms with Crippen molar-refractivity contribution < 1.29 is 4.79 Å². The third kappa shape index (κ3) is 2.46. The molecule has 0 aliphatic heterocycles. The van der Waals surface area contributed by atoms with Crippen LogP contribution in [0.2, 0.25) is 0 Å². The SMILES string of the molecule is CS[C@H](C)C(=O)Nc1cnns1. The Kier molecular flexibility index (Phi) is 3.48. The van der Waals surface area contributed by atoms with Crippen molar-refractivity contribution in [1.29, 1.82) is 0 Å². The van der Waals surface area contributed by atoms with E-state index in [1.54, 1.807) is 0 Å². The highest BCUT2D eigenvalue weighted by Crippen LogP contribution is 2.12. The summed E-state index contributed by atoms with van der Waals surface area (Å²) in [7, 11) is 0. The van der Waals surface area contributed by atoms with Gasteiger partial charge in [0.2, 0.25) is 5.91 Å². The molecular formula is C6H9N3OS2. The summed E-state index contributed by atoms with van der Waals surface area (Å²) in [5, 5.41) is 6.97. The lowest BCUT2D eigenvalue weighted by molar-refractivity contribution is -0.115. The first-order valence-corrected chi connectivity index (χ1v) is 5.41. The number of rotatable bonds is 3. The van der Waals surface area contributed by atoms with Crippen LogP contribution < -0.4 is 5.32 Å². The Hall–Kier alpha value is -0.620. The number of nitrogens with one attached hydrogen (secondary N) is 1. The molecule has 0 aliphatic rings. The zero-order valence-corrected chi connectivity index (χ0v) is 8.41. The number of thioether (sulfide) groups is 1. The lowest BCUT2D eigenvalue weighted by Gasteiger charge is -2.05. The second-order valence-electron chi connectivity index (χ2n) is 2.15. The van der Waals surface area contributed by atoms with Crippen LogP contribution >= 0.6 is 23.3 Å². The van der Waals surface area contributed by atoms with Crippen molar-refractivity contribution >= 4 is 34.2 Å². The van der Waals surface area contributed by atoms with E-state index in [1.165, 1.54) is 29.5 Å². The summed E-state index contributed by atoms with van der Waals surface area (Å²) in [5.74, 6) is -0.00597. The van der Waals surface area contributed by atoms with Crippen molar-refractivity contribution in [3.63, 3.8) is 0 Å². The van der Waals surface area contributed by atoms with Gasteiger partial charge in [-0.25, -0.2) is 0 Å². The summed E-state index contributed by atoms with van der Waals surface area (Å²) < 4.78 is 3.63. The van der Waals surface area contributed by atoms with E-state index in [9.17, 15) is 4.79 Å². The molecule has 0 bridgehead atoms. The van der Waals surface area contributed by atoms with Crippen molar-refractivity contribution in [3.05, 3.63) is 6.20 Å². The predicted molar refractivity (Wildman–Crippen MR) is 51.5 cm³/mol. The number of hydrogen-bond donors (Lipinski definition) is 1. The zero-order valence-electron chi connectivity index (χ0n) is 6.77. The van der Waals surface area contributed by atoms with Gasteiger partial charge in [0, 0.05) is 11.5 Å². The Labute approximate surface area is 78.9 Å². The first-order chi connectivity index (χ1) is 5.74. The van der Waals surface area contributed by atoms with Crippen LogP contribution in [0.5, 0.6) is 0 Å². The van der Waals surface area contributed by atoms with Crippen LogP contribution in [0.25, 0.3) is 0 Å². The van der Waals surface area contributed by atoms with Crippen molar-refractivity contribution in [3.8, 4) is 0 Å². The standard InChI is InChI=1S/C6H9N3OS2/c1-4(11-2)6(10)8-5-3-7-9-12-5/h3-4H,1-2H3,(H,8,10)/t4-/m1/s1. The zero-order chi connectivity index (χ0) is 8.97. The number of carbonyl (C=O) groups is 1. The van der Waals surface area contributed by atoms with E-state index in [-0.39, 0.29) is 11.2 Å². The third-order valence-corrected chi connectivity index (χ3v) is 2.83. The molecule has 1 N–H and O–H groups in total. The highest BCUT2D eigenvalue weighted by Gasteiger charge is 2.11. The molecule has 1 amide bonds. The van der Waals surface area contributed by atoms with E-state index in [4.69, 9.17) is 0 Å². The predicted octanol–water partition coefficient (Wildman–Crippen LogP) is 1.23. The smallest absolute Gasteiger partial charge is 0.237 e. The molecule has 0 fully saturated rings. The maximum absolute atomic E-state index is 11.3. The molecule has 12 heavy (non-hydrogen) atoms. The summed E-state index contributed by atoms with van der Waals surface area (Å²) >= 11 is 2.68. The number of carbonyl (C=O) groups excluding carboxylic acids is 1. The van der Waals surface area contributed by atoms with Crippen LogP contribution in [-0.2, 0) is 4.79 Å². The fourth-order valence-corrected chi connectivity index (χ4v) is 1.25. The molecule has 0 aromatic carbocycles. The number of hydrogen-bond acceptors (Lipinski definition) is 5. The van der Waals surface area contributed by atoms with E-state index < -0.39 is 0 Å². The van der Waals surface area contributed by atoms with Gasteiger partial charge in [0.15, 0.2) is 0 Å². The minimum atomic E-state index is -0.0351. The molecule has 0 saturated heterocycles. The summed E-state index contributed by atoms with van der Waals surface area (Å²) in [6.07, 6.45) is 3.44. The Morgan fingerprint density at radius 1 is 1.83 bits per heavy atom. The molecule has 0 spiro atoms. The van der Waals surface area contributed by atoms with Crippen LogP contribution in [0.3, 0.4) is 0 Å². The minimum absolute atomic E-state index is 0.00597. The fraction of sp³-hybridized carbons (Fsp3) is 0.500. The molecule has 1 aromatic rings. The second kappa shape index (κ2) is 4.42. The van der Waals surface area contributed by atoms with Crippen LogP contribution in [-0.4, -0.2) is 27.0 Å². The molecule has 6 heteroatoms. The molecule has 0 radical (unpaired) electrons. The minimum Gasteiger partial charge on any atom is -0.314 e. The van der Waals surface area contributed by atoms with Gasteiger partial charge < -0.3 is 5.32 Å². The molecule has 1 atom stereocenters. The second-order valence-corrected chi connectivity index (χ2v) is 4.11. The van der Waals surface area contributed by atoms with Gasteiger partial charge in [-0.15, -0.1) is 5.10 Å². The Balaban J connectivity index is 2.47. The summed E-state index contributed by atoms with van der Waals surface area (Å²) in [6, 6.07) is 0. The highest BCUT2D eigenvalue weighted by molar-refractivity contribution is 7.99. The van der Waals surface area contributed by atoms with Gasteiger partial charge in [0.05, 0.1) is 11.4 Å². The van der Waals surface area contributed by atoms with E-state index in [0.717, 1.165) is 0 Å². The molecule has 4 nitrogen and oxygen atoms in total. The maximum atomic E-state index is 11.3. The van der Waals surface area contributed by atoms with Gasteiger partial charge in [-0.3, -0.25) is 4.79 Å². The summed E-state index contributed by atoms with van der Waals surface area (Å²) in [4.78, 5) is 11.3. The number of aromatic nitrogens is 2. The number of nitrogens with zero attached hydrogens (tertiary/aromatic N) is 2. The van der Waals surface area contributed by atoms with Gasteiger partial charge in [0.25, 0.3) is 0 Å². The van der Waals surface area contributed by atoms with Crippen LogP contribution in [0.15, 0.2) is 6.20 Å². The number of anilines is 1. The van der Waals surface area contributed by atoms with Gasteiger partial charge in [0.1, 0.15) is 5.00 Å². The van der Waals surface area contributed by atoms with Gasteiger partial charge >= 0.3 is 0 Å². The Bertz CT molecular complexity index is 249. The monoisotopic (exact) mass is 203 g/mol. The molecule has 1 aromatic heterocycles. The first-order valence-electron chi connectivity index (χ1n) is 3.35. The average Bonchev–Trinajstić information content (AvgIpc) is 2.55. The lowest BCUT2D eigenvalue weighted by atomic mass is 10.4. The largest absolute Gasteiger partial charge is 0.314 e. The van der Waals surface area contributed by atoms with Gasteiger partial charge in [-0.05, 0) is 13.2 Å². The maximum Gasteiger partial charge on any atom is 0.237 e. The van der Waals surface area contributed by atoms with E-state index in [0.29, 0.717) is 5.00 Å².